The van der Waals surface area contributed by atoms with E-state index in [1.807, 2.05) is 48.8 Å². The largest absolute Gasteiger partial charge is 0.325 e. The summed E-state index contributed by atoms with van der Waals surface area (Å²) in [6, 6.07) is 25.7. The minimum absolute atomic E-state index is 0.0229. The number of anilines is 1. The summed E-state index contributed by atoms with van der Waals surface area (Å²) in [6.45, 7) is 10.9. The normalized spacial score (nSPS) is 13.9. The Bertz CT molecular complexity index is 1190. The van der Waals surface area contributed by atoms with Gasteiger partial charge in [-0.05, 0) is 80.1 Å². The molecule has 0 atom stereocenters. The molecule has 0 saturated carbocycles. The van der Waals surface area contributed by atoms with Gasteiger partial charge in [-0.3, -0.25) is 9.80 Å². The second kappa shape index (κ2) is 12.7. The number of halogens is 1. The topological polar surface area (TPSA) is 26.8 Å². The van der Waals surface area contributed by atoms with Crippen LogP contribution >= 0.6 is 0 Å². The Hall–Kier alpha value is -3.44. The van der Waals surface area contributed by atoms with Crippen molar-refractivity contribution in [3.8, 4) is 0 Å². The third-order valence-electron chi connectivity index (χ3n) is 7.22. The summed E-state index contributed by atoms with van der Waals surface area (Å²) < 4.78 is 14.3. The van der Waals surface area contributed by atoms with E-state index in [0.717, 1.165) is 54.9 Å². The van der Waals surface area contributed by atoms with Crippen LogP contribution < -0.4 is 4.90 Å². The van der Waals surface area contributed by atoms with E-state index in [1.165, 1.54) is 17.2 Å². The fourth-order valence-corrected chi connectivity index (χ4v) is 5.19. The van der Waals surface area contributed by atoms with Crippen LogP contribution in [0.3, 0.4) is 0 Å². The molecule has 4 rings (SSSR count). The lowest BCUT2D eigenvalue weighted by Crippen LogP contribution is -2.43. The average Bonchev–Trinajstić information content (AvgIpc) is 2.92. The standard InChI is InChI=1S/C32H38FN3O/c1-4-35(5-2)32(37)36(6-3)30-17-15-26(16-18-30)31(28-13-10-14-29(33)23-28)27-19-21-34(22-20-27)24-25-11-8-7-9-12-25/h7-18,23H,4-6,19-22,24H2,1-3H3. The summed E-state index contributed by atoms with van der Waals surface area (Å²) in [6.07, 6.45) is 1.89. The van der Waals surface area contributed by atoms with Crippen LogP contribution in [-0.4, -0.2) is 48.6 Å². The molecule has 3 aromatic rings. The average molecular weight is 500 g/mol. The number of likely N-dealkylation sites (tertiary alicyclic amines) is 1. The lowest BCUT2D eigenvalue weighted by atomic mass is 9.88. The van der Waals surface area contributed by atoms with Crippen LogP contribution in [0.1, 0.15) is 50.3 Å². The Morgan fingerprint density at radius 2 is 1.49 bits per heavy atom. The zero-order chi connectivity index (χ0) is 26.2. The van der Waals surface area contributed by atoms with Crippen molar-refractivity contribution in [3.05, 3.63) is 107 Å². The van der Waals surface area contributed by atoms with Gasteiger partial charge in [0.25, 0.3) is 0 Å². The first-order chi connectivity index (χ1) is 18.0. The van der Waals surface area contributed by atoms with Gasteiger partial charge in [-0.15, -0.1) is 0 Å². The number of hydrogen-bond acceptors (Lipinski definition) is 2. The summed E-state index contributed by atoms with van der Waals surface area (Å²) in [7, 11) is 0. The molecule has 1 aliphatic rings. The quantitative estimate of drug-likeness (QED) is 0.327. The molecule has 0 spiro atoms. The number of piperidine rings is 1. The first-order valence-corrected chi connectivity index (χ1v) is 13.4. The van der Waals surface area contributed by atoms with Gasteiger partial charge in [0.05, 0.1) is 0 Å². The van der Waals surface area contributed by atoms with Crippen molar-refractivity contribution in [2.45, 2.75) is 40.2 Å². The molecule has 0 radical (unpaired) electrons. The van der Waals surface area contributed by atoms with Gasteiger partial charge in [0, 0.05) is 45.0 Å². The smallest absolute Gasteiger partial charge is 0.324 e. The highest BCUT2D eigenvalue weighted by Gasteiger charge is 2.22. The summed E-state index contributed by atoms with van der Waals surface area (Å²) in [5, 5.41) is 0. The van der Waals surface area contributed by atoms with E-state index in [2.05, 4.69) is 47.4 Å². The van der Waals surface area contributed by atoms with Gasteiger partial charge in [0.2, 0.25) is 0 Å². The van der Waals surface area contributed by atoms with E-state index in [4.69, 9.17) is 0 Å². The van der Waals surface area contributed by atoms with Crippen LogP contribution in [0.2, 0.25) is 0 Å². The maximum atomic E-state index is 14.3. The van der Waals surface area contributed by atoms with E-state index < -0.39 is 0 Å². The number of carbonyl (C=O) groups excluding carboxylic acids is 1. The molecule has 5 heteroatoms. The number of urea groups is 1. The van der Waals surface area contributed by atoms with Crippen molar-refractivity contribution in [2.24, 2.45) is 0 Å². The zero-order valence-corrected chi connectivity index (χ0v) is 22.3. The van der Waals surface area contributed by atoms with Gasteiger partial charge >= 0.3 is 6.03 Å². The van der Waals surface area contributed by atoms with Crippen molar-refractivity contribution >= 4 is 17.3 Å². The van der Waals surface area contributed by atoms with Gasteiger partial charge < -0.3 is 4.90 Å². The molecule has 2 amide bonds. The highest BCUT2D eigenvalue weighted by atomic mass is 19.1. The van der Waals surface area contributed by atoms with Crippen LogP contribution in [0, 0.1) is 5.82 Å². The first-order valence-electron chi connectivity index (χ1n) is 13.4. The minimum atomic E-state index is -0.226. The Kier molecular flexibility index (Phi) is 9.13. The van der Waals surface area contributed by atoms with Crippen molar-refractivity contribution in [2.75, 3.05) is 37.6 Å². The molecule has 37 heavy (non-hydrogen) atoms. The lowest BCUT2D eigenvalue weighted by molar-refractivity contribution is 0.210. The lowest BCUT2D eigenvalue weighted by Gasteiger charge is -2.30. The molecule has 1 aliphatic heterocycles. The Balaban J connectivity index is 1.61. The third-order valence-corrected chi connectivity index (χ3v) is 7.22. The van der Waals surface area contributed by atoms with E-state index in [0.29, 0.717) is 19.6 Å². The van der Waals surface area contributed by atoms with E-state index >= 15 is 0 Å². The van der Waals surface area contributed by atoms with Crippen LogP contribution in [0.5, 0.6) is 0 Å². The number of amides is 2. The Morgan fingerprint density at radius 3 is 2.08 bits per heavy atom. The number of hydrogen-bond donors (Lipinski definition) is 0. The van der Waals surface area contributed by atoms with Crippen LogP contribution in [-0.2, 0) is 6.54 Å². The Morgan fingerprint density at radius 1 is 0.811 bits per heavy atom. The Labute approximate surface area is 221 Å². The monoisotopic (exact) mass is 499 g/mol. The molecule has 1 saturated heterocycles. The van der Waals surface area contributed by atoms with Gasteiger partial charge in [0.15, 0.2) is 0 Å². The maximum absolute atomic E-state index is 14.3. The van der Waals surface area contributed by atoms with Gasteiger partial charge in [-0.2, -0.15) is 0 Å². The highest BCUT2D eigenvalue weighted by molar-refractivity contribution is 5.92. The zero-order valence-electron chi connectivity index (χ0n) is 22.3. The molecule has 0 N–H and O–H groups in total. The number of rotatable bonds is 8. The molecule has 0 aromatic heterocycles. The third kappa shape index (κ3) is 6.47. The molecule has 194 valence electrons. The predicted molar refractivity (Wildman–Crippen MR) is 151 cm³/mol. The fraction of sp³-hybridized carbons (Fsp3) is 0.344. The maximum Gasteiger partial charge on any atom is 0.324 e. The number of nitrogens with zero attached hydrogens (tertiary/aromatic N) is 3. The molecule has 1 heterocycles. The van der Waals surface area contributed by atoms with E-state index in [9.17, 15) is 9.18 Å². The SMILES string of the molecule is CCN(CC)C(=O)N(CC)c1ccc(C(=C2CCN(Cc3ccccc3)CC2)c2cccc(F)c2)cc1. The molecular weight excluding hydrogens is 461 g/mol. The molecule has 0 unspecified atom stereocenters. The molecule has 3 aromatic carbocycles. The molecule has 4 nitrogen and oxygen atoms in total. The minimum Gasteiger partial charge on any atom is -0.325 e. The second-order valence-corrected chi connectivity index (χ2v) is 9.50. The highest BCUT2D eigenvalue weighted by Crippen LogP contribution is 2.34. The summed E-state index contributed by atoms with van der Waals surface area (Å²) >= 11 is 0. The van der Waals surface area contributed by atoms with Crippen LogP contribution in [0.15, 0.2) is 84.4 Å². The van der Waals surface area contributed by atoms with E-state index in [-0.39, 0.29) is 11.8 Å². The van der Waals surface area contributed by atoms with Crippen LogP contribution in [0.4, 0.5) is 14.9 Å². The van der Waals surface area contributed by atoms with Crippen molar-refractivity contribution in [1.82, 2.24) is 9.80 Å². The summed E-state index contributed by atoms with van der Waals surface area (Å²) in [5.41, 5.74) is 6.65. The summed E-state index contributed by atoms with van der Waals surface area (Å²) in [5.74, 6) is -0.226. The fourth-order valence-electron chi connectivity index (χ4n) is 5.19. The number of carbonyl (C=O) groups is 1. The summed E-state index contributed by atoms with van der Waals surface area (Å²) in [4.78, 5) is 19.2. The van der Waals surface area contributed by atoms with Gasteiger partial charge in [0.1, 0.15) is 5.82 Å². The number of benzene rings is 3. The van der Waals surface area contributed by atoms with Gasteiger partial charge in [-0.25, -0.2) is 9.18 Å². The predicted octanol–water partition coefficient (Wildman–Crippen LogP) is 7.21. The molecule has 1 fully saturated rings. The molecule has 0 bridgehead atoms. The van der Waals surface area contributed by atoms with E-state index in [1.54, 1.807) is 12.1 Å². The molecular formula is C32H38FN3O. The van der Waals surface area contributed by atoms with Gasteiger partial charge in [-0.1, -0.05) is 60.2 Å². The van der Waals surface area contributed by atoms with Crippen molar-refractivity contribution in [1.29, 1.82) is 0 Å². The first kappa shape index (κ1) is 26.6. The molecule has 0 aliphatic carbocycles. The van der Waals surface area contributed by atoms with Crippen molar-refractivity contribution < 1.29 is 9.18 Å². The van der Waals surface area contributed by atoms with Crippen molar-refractivity contribution in [3.63, 3.8) is 0 Å². The second-order valence-electron chi connectivity index (χ2n) is 9.50. The van der Waals surface area contributed by atoms with Crippen LogP contribution in [0.25, 0.3) is 5.57 Å².